The van der Waals surface area contributed by atoms with Crippen LogP contribution in [0.5, 0.6) is 0 Å². The Balaban J connectivity index is 1.56. The fourth-order valence-electron chi connectivity index (χ4n) is 4.68. The van der Waals surface area contributed by atoms with E-state index in [-0.39, 0.29) is 36.8 Å². The Hall–Kier alpha value is -4.67. The average Bonchev–Trinajstić information content (AvgIpc) is 3.39. The third-order valence-electron chi connectivity index (χ3n) is 7.05. The summed E-state index contributed by atoms with van der Waals surface area (Å²) in [5, 5.41) is 12.0. The molecule has 42 heavy (non-hydrogen) atoms. The lowest BCUT2D eigenvalue weighted by molar-refractivity contribution is -0.384. The van der Waals surface area contributed by atoms with Crippen molar-refractivity contribution in [1.29, 1.82) is 0 Å². The maximum absolute atomic E-state index is 13.7. The highest BCUT2D eigenvalue weighted by Crippen LogP contribution is 2.29. The zero-order valence-corrected chi connectivity index (χ0v) is 23.1. The van der Waals surface area contributed by atoms with Gasteiger partial charge >= 0.3 is 6.18 Å². The van der Waals surface area contributed by atoms with E-state index in [9.17, 15) is 32.9 Å². The second-order valence-corrected chi connectivity index (χ2v) is 10.0. The van der Waals surface area contributed by atoms with Crippen LogP contribution in [0.15, 0.2) is 79.0 Å². The summed E-state index contributed by atoms with van der Waals surface area (Å²) in [6.45, 7) is 2.34. The minimum atomic E-state index is -4.47. The number of halogens is 3. The molecular weight excluding hydrogens is 549 g/mol. The molecule has 0 aliphatic rings. The predicted octanol–water partition coefficient (Wildman–Crippen LogP) is 6.61. The first-order chi connectivity index (χ1) is 20.1. The number of alkyl halides is 3. The Labute approximate surface area is 240 Å². The van der Waals surface area contributed by atoms with Crippen LogP contribution in [0.2, 0.25) is 0 Å². The van der Waals surface area contributed by atoms with Gasteiger partial charge in [-0.3, -0.25) is 19.7 Å². The quantitative estimate of drug-likeness (QED) is 0.151. The molecule has 1 heterocycles. The Morgan fingerprint density at radius 1 is 0.929 bits per heavy atom. The molecule has 0 atom stereocenters. The number of nitrogens with zero attached hydrogens (tertiary/aromatic N) is 3. The maximum Gasteiger partial charge on any atom is 0.416 e. The van der Waals surface area contributed by atoms with Gasteiger partial charge in [0.2, 0.25) is 5.91 Å². The Kier molecular flexibility index (Phi) is 9.61. The van der Waals surface area contributed by atoms with Crippen LogP contribution in [0.4, 0.5) is 18.9 Å². The van der Waals surface area contributed by atoms with Gasteiger partial charge in [-0.05, 0) is 54.3 Å². The zero-order valence-electron chi connectivity index (χ0n) is 23.1. The highest BCUT2D eigenvalue weighted by Gasteiger charge is 2.30. The molecular formula is C31H31F3N4O4. The maximum atomic E-state index is 13.7. The minimum absolute atomic E-state index is 0.0622. The number of unbranched alkanes of at least 4 members (excludes halogenated alkanes) is 1. The second kappa shape index (κ2) is 13.3. The van der Waals surface area contributed by atoms with Gasteiger partial charge < -0.3 is 14.8 Å². The number of para-hydroxylation sites is 1. The summed E-state index contributed by atoms with van der Waals surface area (Å²) in [5.41, 5.74) is 1.76. The van der Waals surface area contributed by atoms with E-state index < -0.39 is 22.6 Å². The first-order valence-corrected chi connectivity index (χ1v) is 13.6. The number of fused-ring (bicyclic) bond motifs is 1. The van der Waals surface area contributed by atoms with E-state index in [2.05, 4.69) is 4.98 Å². The smallest absolute Gasteiger partial charge is 0.361 e. The number of hydrogen-bond donors (Lipinski definition) is 1. The predicted molar refractivity (Wildman–Crippen MR) is 153 cm³/mol. The van der Waals surface area contributed by atoms with Crippen molar-refractivity contribution in [2.75, 3.05) is 19.6 Å². The first-order valence-electron chi connectivity index (χ1n) is 13.6. The topological polar surface area (TPSA) is 99.6 Å². The molecule has 1 aromatic heterocycles. The summed E-state index contributed by atoms with van der Waals surface area (Å²) < 4.78 is 39.3. The standard InChI is InChI=1S/C31H31F3N4O4/c1-2-3-17-37(30(40)23-10-14-26(15-11-23)38(41)42)21-29(39)36(20-22-8-12-25(13-9-22)31(32,33)34)18-16-24-19-35-28-7-5-4-6-27(24)28/h4-15,19,35H,2-3,16-18,20-21H2,1H3. The number of benzene rings is 3. The lowest BCUT2D eigenvalue weighted by atomic mass is 10.1. The van der Waals surface area contributed by atoms with Crippen LogP contribution in [-0.4, -0.2) is 51.2 Å². The van der Waals surface area contributed by atoms with Crippen molar-refractivity contribution in [3.05, 3.63) is 111 Å². The first kappa shape index (κ1) is 30.3. The number of rotatable bonds is 12. The molecule has 0 aliphatic carbocycles. The normalized spacial score (nSPS) is 11.4. The average molecular weight is 581 g/mol. The van der Waals surface area contributed by atoms with Crippen LogP contribution in [0.1, 0.15) is 46.8 Å². The molecule has 0 fully saturated rings. The van der Waals surface area contributed by atoms with Crippen molar-refractivity contribution >= 4 is 28.4 Å². The third-order valence-corrected chi connectivity index (χ3v) is 7.05. The molecule has 0 saturated heterocycles. The number of aromatic nitrogens is 1. The number of aromatic amines is 1. The summed E-state index contributed by atoms with van der Waals surface area (Å²) in [6, 6.07) is 17.6. The molecule has 0 saturated carbocycles. The van der Waals surface area contributed by atoms with Crippen LogP contribution in [0.3, 0.4) is 0 Å². The molecule has 0 unspecified atom stereocenters. The molecule has 0 spiro atoms. The molecule has 2 amide bonds. The van der Waals surface area contributed by atoms with Crippen molar-refractivity contribution in [2.24, 2.45) is 0 Å². The Morgan fingerprint density at radius 2 is 1.62 bits per heavy atom. The van der Waals surface area contributed by atoms with Crippen molar-refractivity contribution in [2.45, 2.75) is 38.9 Å². The van der Waals surface area contributed by atoms with Gasteiger partial charge in [0.05, 0.1) is 10.5 Å². The fourth-order valence-corrected chi connectivity index (χ4v) is 4.68. The second-order valence-electron chi connectivity index (χ2n) is 10.0. The summed E-state index contributed by atoms with van der Waals surface area (Å²) in [7, 11) is 0. The molecule has 220 valence electrons. The van der Waals surface area contributed by atoms with E-state index in [0.29, 0.717) is 24.9 Å². The van der Waals surface area contributed by atoms with Crippen LogP contribution >= 0.6 is 0 Å². The summed E-state index contributed by atoms with van der Waals surface area (Å²) in [4.78, 5) is 43.7. The molecule has 0 aliphatic heterocycles. The van der Waals surface area contributed by atoms with E-state index >= 15 is 0 Å². The van der Waals surface area contributed by atoms with Gasteiger partial charge in [-0.25, -0.2) is 0 Å². The number of carbonyl (C=O) groups excluding carboxylic acids is 2. The van der Waals surface area contributed by atoms with Gasteiger partial charge in [-0.1, -0.05) is 43.7 Å². The lowest BCUT2D eigenvalue weighted by Gasteiger charge is -2.28. The van der Waals surface area contributed by atoms with Crippen LogP contribution in [-0.2, 0) is 23.9 Å². The number of amides is 2. The zero-order chi connectivity index (χ0) is 30.3. The van der Waals surface area contributed by atoms with Crippen LogP contribution in [0.25, 0.3) is 10.9 Å². The Morgan fingerprint density at radius 3 is 2.26 bits per heavy atom. The van der Waals surface area contributed by atoms with Crippen LogP contribution in [0, 0.1) is 10.1 Å². The summed E-state index contributed by atoms with van der Waals surface area (Å²) >= 11 is 0. The number of nitro groups is 1. The van der Waals surface area contributed by atoms with Crippen molar-refractivity contribution in [3.63, 3.8) is 0 Å². The monoisotopic (exact) mass is 580 g/mol. The molecule has 0 bridgehead atoms. The number of non-ortho nitro benzene ring substituents is 1. The van der Waals surface area contributed by atoms with Gasteiger partial charge in [0, 0.05) is 54.4 Å². The van der Waals surface area contributed by atoms with Crippen LogP contribution < -0.4 is 0 Å². The fraction of sp³-hybridized carbons (Fsp3) is 0.290. The highest BCUT2D eigenvalue weighted by molar-refractivity contribution is 5.96. The molecule has 4 rings (SSSR count). The molecule has 4 aromatic rings. The lowest BCUT2D eigenvalue weighted by Crippen LogP contribution is -2.43. The van der Waals surface area contributed by atoms with Crippen molar-refractivity contribution in [3.8, 4) is 0 Å². The van der Waals surface area contributed by atoms with Gasteiger partial charge in [0.25, 0.3) is 11.6 Å². The van der Waals surface area contributed by atoms with E-state index in [1.807, 2.05) is 37.4 Å². The van der Waals surface area contributed by atoms with Gasteiger partial charge in [-0.15, -0.1) is 0 Å². The SMILES string of the molecule is CCCCN(CC(=O)N(CCc1c[nH]c2ccccc12)Cc1ccc(C(F)(F)F)cc1)C(=O)c1ccc([N+](=O)[O-])cc1. The van der Waals surface area contributed by atoms with Crippen molar-refractivity contribution in [1.82, 2.24) is 14.8 Å². The van der Waals surface area contributed by atoms with Crippen molar-refractivity contribution < 1.29 is 27.7 Å². The largest absolute Gasteiger partial charge is 0.416 e. The van der Waals surface area contributed by atoms with E-state index in [4.69, 9.17) is 0 Å². The molecule has 1 N–H and O–H groups in total. The number of H-pyrrole nitrogens is 1. The molecule has 3 aromatic carbocycles. The number of nitrogens with one attached hydrogen (secondary N) is 1. The minimum Gasteiger partial charge on any atom is -0.361 e. The number of nitro benzene ring substituents is 1. The van der Waals surface area contributed by atoms with Gasteiger partial charge in [0.15, 0.2) is 0 Å². The van der Waals surface area contributed by atoms with Gasteiger partial charge in [0.1, 0.15) is 6.54 Å². The summed E-state index contributed by atoms with van der Waals surface area (Å²) in [6.07, 6.45) is -0.700. The molecule has 0 radical (unpaired) electrons. The Bertz CT molecular complexity index is 1530. The van der Waals surface area contributed by atoms with E-state index in [1.165, 1.54) is 41.3 Å². The number of hydrogen-bond acceptors (Lipinski definition) is 4. The molecule has 8 nitrogen and oxygen atoms in total. The highest BCUT2D eigenvalue weighted by atomic mass is 19.4. The van der Waals surface area contributed by atoms with E-state index in [1.54, 1.807) is 4.90 Å². The van der Waals surface area contributed by atoms with E-state index in [0.717, 1.165) is 35.0 Å². The number of carbonyl (C=O) groups is 2. The van der Waals surface area contributed by atoms with Gasteiger partial charge in [-0.2, -0.15) is 13.2 Å². The molecule has 11 heteroatoms. The third kappa shape index (κ3) is 7.54. The summed E-state index contributed by atoms with van der Waals surface area (Å²) in [5.74, 6) is -0.793.